The number of rotatable bonds is 3. The molecule has 0 bridgehead atoms. The van der Waals surface area contributed by atoms with Crippen LogP contribution in [0.2, 0.25) is 5.82 Å². The molecule has 0 N–H and O–H groups in total. The van der Waals surface area contributed by atoms with E-state index in [1.54, 1.807) is 19.2 Å². The van der Waals surface area contributed by atoms with Crippen LogP contribution in [0.5, 0.6) is 5.75 Å². The van der Waals surface area contributed by atoms with Crippen LogP contribution in [-0.4, -0.2) is 28.4 Å². The van der Waals surface area contributed by atoms with Crippen molar-refractivity contribution in [2.75, 3.05) is 7.11 Å². The van der Waals surface area contributed by atoms with Gasteiger partial charge in [-0.05, 0) is 0 Å². The second-order valence-corrected chi connectivity index (χ2v) is 4.01. The van der Waals surface area contributed by atoms with Crippen LogP contribution in [0.4, 0.5) is 0 Å². The summed E-state index contributed by atoms with van der Waals surface area (Å²) in [5, 5.41) is 0. The van der Waals surface area contributed by atoms with E-state index in [-0.39, 0.29) is 0 Å². The van der Waals surface area contributed by atoms with E-state index >= 15 is 0 Å². The van der Waals surface area contributed by atoms with Crippen LogP contribution in [0.15, 0.2) is 18.2 Å². The van der Waals surface area contributed by atoms with E-state index in [2.05, 4.69) is 5.82 Å². The molecular weight excluding hydrogens is 219 g/mol. The van der Waals surface area contributed by atoms with E-state index in [4.69, 9.17) is 4.74 Å². The zero-order valence-electron chi connectivity index (χ0n) is 7.03. The summed E-state index contributed by atoms with van der Waals surface area (Å²) in [6, 6.07) is 5.52. The van der Waals surface area contributed by atoms with Gasteiger partial charge in [-0.1, -0.05) is 0 Å². The Hall–Kier alpha value is -0.791. The summed E-state index contributed by atoms with van der Waals surface area (Å²) in [6.07, 6.45) is 0.889. The first-order chi connectivity index (χ1) is 5.81. The number of hydrogen-bond acceptors (Lipinski definition) is 2. The molecule has 0 spiro atoms. The van der Waals surface area contributed by atoms with Crippen molar-refractivity contribution in [1.82, 2.24) is 0 Å². The molecule has 0 radical (unpaired) electrons. The number of benzene rings is 1. The molecule has 0 aromatic heterocycles. The van der Waals surface area contributed by atoms with Crippen molar-refractivity contribution in [2.45, 2.75) is 5.82 Å². The Kier molecular flexibility index (Phi) is 3.32. The predicted molar refractivity (Wildman–Crippen MR) is 49.6 cm³/mol. The van der Waals surface area contributed by atoms with Gasteiger partial charge in [0.2, 0.25) is 0 Å². The van der Waals surface area contributed by atoms with Crippen molar-refractivity contribution in [2.24, 2.45) is 0 Å². The molecule has 0 aliphatic carbocycles. The van der Waals surface area contributed by atoms with Crippen molar-refractivity contribution in [3.05, 3.63) is 23.8 Å². The molecule has 0 unspecified atom stereocenters. The molecule has 1 aromatic rings. The fourth-order valence-corrected chi connectivity index (χ4v) is 2.14. The standard InChI is InChI=1S/C9H10O2Se/c1-11-8-4-3-7(6-10)9(5-8)12-2/h3-6H,1-2H3. The molecular formula is C9H10O2Se. The minimum absolute atomic E-state index is 0.338. The number of hydrogen-bond donors (Lipinski definition) is 0. The maximum atomic E-state index is 10.6. The predicted octanol–water partition coefficient (Wildman–Crippen LogP) is 0.885. The number of carbonyl (C=O) groups is 1. The number of aldehydes is 1. The van der Waals surface area contributed by atoms with Gasteiger partial charge in [-0.25, -0.2) is 0 Å². The Bertz CT molecular complexity index is 284. The zero-order chi connectivity index (χ0) is 8.97. The van der Waals surface area contributed by atoms with Gasteiger partial charge >= 0.3 is 77.7 Å². The molecule has 64 valence electrons. The summed E-state index contributed by atoms with van der Waals surface area (Å²) in [5.41, 5.74) is 0.776. The molecule has 12 heavy (non-hydrogen) atoms. The van der Waals surface area contributed by atoms with Crippen LogP contribution < -0.4 is 9.20 Å². The molecule has 1 rings (SSSR count). The van der Waals surface area contributed by atoms with Gasteiger partial charge in [0.25, 0.3) is 0 Å². The number of carbonyl (C=O) groups excluding carboxylic acids is 1. The first-order valence-electron chi connectivity index (χ1n) is 3.49. The Morgan fingerprint density at radius 3 is 2.75 bits per heavy atom. The van der Waals surface area contributed by atoms with Crippen LogP contribution in [0.25, 0.3) is 0 Å². The van der Waals surface area contributed by atoms with E-state index in [0.717, 1.165) is 22.1 Å². The molecule has 0 aliphatic rings. The van der Waals surface area contributed by atoms with Gasteiger partial charge in [0, 0.05) is 0 Å². The summed E-state index contributed by atoms with van der Waals surface area (Å²) < 4.78 is 6.14. The Morgan fingerprint density at radius 1 is 1.50 bits per heavy atom. The first-order valence-corrected chi connectivity index (χ1v) is 6.06. The van der Waals surface area contributed by atoms with Gasteiger partial charge < -0.3 is 0 Å². The Balaban J connectivity index is 3.10. The third-order valence-electron chi connectivity index (χ3n) is 1.57. The summed E-state index contributed by atoms with van der Waals surface area (Å²) in [6.45, 7) is 0. The Labute approximate surface area is 78.1 Å². The van der Waals surface area contributed by atoms with Gasteiger partial charge in [0.15, 0.2) is 0 Å². The SMILES string of the molecule is COc1ccc(C=O)c([Se]C)c1. The normalized spacial score (nSPS) is 9.50. The van der Waals surface area contributed by atoms with E-state index in [9.17, 15) is 4.79 Å². The monoisotopic (exact) mass is 230 g/mol. The fraction of sp³-hybridized carbons (Fsp3) is 0.222. The fourth-order valence-electron chi connectivity index (χ4n) is 0.916. The third kappa shape index (κ3) is 1.87. The van der Waals surface area contributed by atoms with Gasteiger partial charge in [-0.3, -0.25) is 0 Å². The van der Waals surface area contributed by atoms with Crippen LogP contribution in [0, 0.1) is 0 Å². The molecule has 0 amide bonds. The quantitative estimate of drug-likeness (QED) is 0.568. The number of methoxy groups -OCH3 is 1. The van der Waals surface area contributed by atoms with Crippen LogP contribution in [0.1, 0.15) is 10.4 Å². The summed E-state index contributed by atoms with van der Waals surface area (Å²) >= 11 is 0.338. The van der Waals surface area contributed by atoms with Crippen LogP contribution in [-0.2, 0) is 0 Å². The van der Waals surface area contributed by atoms with Crippen LogP contribution in [0.3, 0.4) is 0 Å². The van der Waals surface area contributed by atoms with Gasteiger partial charge in [0.1, 0.15) is 0 Å². The maximum absolute atomic E-state index is 10.6. The Morgan fingerprint density at radius 2 is 2.25 bits per heavy atom. The molecule has 0 saturated heterocycles. The van der Waals surface area contributed by atoms with Crippen LogP contribution >= 0.6 is 0 Å². The average Bonchev–Trinajstić information content (AvgIpc) is 2.16. The summed E-state index contributed by atoms with van der Waals surface area (Å²) in [5.74, 6) is 2.90. The molecule has 3 heteroatoms. The summed E-state index contributed by atoms with van der Waals surface area (Å²) in [4.78, 5) is 10.6. The molecule has 2 nitrogen and oxygen atoms in total. The van der Waals surface area contributed by atoms with E-state index in [0.29, 0.717) is 15.0 Å². The van der Waals surface area contributed by atoms with E-state index in [1.807, 2.05) is 6.07 Å². The molecule has 1 aromatic carbocycles. The van der Waals surface area contributed by atoms with Crippen molar-refractivity contribution < 1.29 is 9.53 Å². The molecule has 0 aliphatic heterocycles. The van der Waals surface area contributed by atoms with Gasteiger partial charge in [-0.15, -0.1) is 0 Å². The number of ether oxygens (including phenoxy) is 1. The second-order valence-electron chi connectivity index (χ2n) is 2.23. The second kappa shape index (κ2) is 4.29. The van der Waals surface area contributed by atoms with Crippen molar-refractivity contribution >= 4 is 25.7 Å². The van der Waals surface area contributed by atoms with E-state index < -0.39 is 0 Å². The minimum atomic E-state index is 0.338. The van der Waals surface area contributed by atoms with Crippen molar-refractivity contribution in [3.63, 3.8) is 0 Å². The third-order valence-corrected chi connectivity index (χ3v) is 3.23. The van der Waals surface area contributed by atoms with E-state index in [1.165, 1.54) is 0 Å². The summed E-state index contributed by atoms with van der Waals surface area (Å²) in [7, 11) is 1.63. The molecule has 0 atom stereocenters. The molecule has 0 saturated carbocycles. The molecule has 0 heterocycles. The topological polar surface area (TPSA) is 26.3 Å². The molecule has 0 fully saturated rings. The van der Waals surface area contributed by atoms with Gasteiger partial charge in [0.05, 0.1) is 0 Å². The van der Waals surface area contributed by atoms with Crippen molar-refractivity contribution in [1.29, 1.82) is 0 Å². The first kappa shape index (κ1) is 9.30. The van der Waals surface area contributed by atoms with Gasteiger partial charge in [-0.2, -0.15) is 0 Å². The van der Waals surface area contributed by atoms with Crippen molar-refractivity contribution in [3.8, 4) is 5.75 Å². The average molecular weight is 229 g/mol. The zero-order valence-corrected chi connectivity index (χ0v) is 8.75.